The predicted molar refractivity (Wildman–Crippen MR) is 76.0 cm³/mol. The van der Waals surface area contributed by atoms with Crippen molar-refractivity contribution in [2.24, 2.45) is 11.1 Å². The van der Waals surface area contributed by atoms with Crippen LogP contribution in [0.1, 0.15) is 33.1 Å². The predicted octanol–water partition coefficient (Wildman–Crippen LogP) is 2.27. The van der Waals surface area contributed by atoms with Crippen LogP contribution in [0.3, 0.4) is 0 Å². The molecule has 1 aliphatic carbocycles. The second-order valence-corrected chi connectivity index (χ2v) is 8.00. The van der Waals surface area contributed by atoms with Crippen LogP contribution < -0.4 is 5.73 Å². The van der Waals surface area contributed by atoms with Crippen LogP contribution >= 0.6 is 24.0 Å². The Labute approximate surface area is 108 Å². The van der Waals surface area contributed by atoms with Crippen molar-refractivity contribution in [1.82, 2.24) is 4.90 Å². The standard InChI is InChI=1S/C12H22N2S2/c1-9-6-14(7-10(2)16-9)8-12(3-4-12)5-11(13)15/h9-10H,3-8H2,1-2H3,(H2,13,15). The number of nitrogens with two attached hydrogens (primary N) is 1. The van der Waals surface area contributed by atoms with E-state index in [9.17, 15) is 0 Å². The molecule has 0 radical (unpaired) electrons. The van der Waals surface area contributed by atoms with Gasteiger partial charge in [0.15, 0.2) is 0 Å². The van der Waals surface area contributed by atoms with E-state index in [4.69, 9.17) is 18.0 Å². The normalized spacial score (nSPS) is 33.6. The Morgan fingerprint density at radius 1 is 1.38 bits per heavy atom. The molecule has 1 aliphatic heterocycles. The van der Waals surface area contributed by atoms with Crippen molar-refractivity contribution in [3.05, 3.63) is 0 Å². The first-order chi connectivity index (χ1) is 7.49. The van der Waals surface area contributed by atoms with Gasteiger partial charge in [-0.2, -0.15) is 11.8 Å². The van der Waals surface area contributed by atoms with Crippen LogP contribution in [0.25, 0.3) is 0 Å². The lowest BCUT2D eigenvalue weighted by Gasteiger charge is -2.36. The van der Waals surface area contributed by atoms with E-state index in [-0.39, 0.29) is 0 Å². The molecule has 2 N–H and O–H groups in total. The van der Waals surface area contributed by atoms with E-state index >= 15 is 0 Å². The Hall–Kier alpha value is 0.200. The van der Waals surface area contributed by atoms with Crippen molar-refractivity contribution in [3.8, 4) is 0 Å². The number of hydrogen-bond donors (Lipinski definition) is 1. The van der Waals surface area contributed by atoms with E-state index in [1.54, 1.807) is 0 Å². The van der Waals surface area contributed by atoms with E-state index in [0.29, 0.717) is 10.4 Å². The second-order valence-electron chi connectivity index (χ2n) is 5.59. The highest BCUT2D eigenvalue weighted by Crippen LogP contribution is 2.49. The van der Waals surface area contributed by atoms with E-state index in [0.717, 1.165) is 16.9 Å². The molecule has 4 heteroatoms. The van der Waals surface area contributed by atoms with Gasteiger partial charge < -0.3 is 10.6 Å². The van der Waals surface area contributed by atoms with Gasteiger partial charge in [-0.15, -0.1) is 0 Å². The summed E-state index contributed by atoms with van der Waals surface area (Å²) in [5.74, 6) is 0. The molecule has 0 amide bonds. The molecular formula is C12H22N2S2. The van der Waals surface area contributed by atoms with Gasteiger partial charge >= 0.3 is 0 Å². The van der Waals surface area contributed by atoms with Crippen molar-refractivity contribution in [2.45, 2.75) is 43.6 Å². The number of rotatable bonds is 4. The van der Waals surface area contributed by atoms with Gasteiger partial charge in [0.25, 0.3) is 0 Å². The third-order valence-corrected chi connectivity index (χ3v) is 4.93. The van der Waals surface area contributed by atoms with Crippen LogP contribution in [0.4, 0.5) is 0 Å². The molecule has 1 saturated heterocycles. The average molecular weight is 258 g/mol. The minimum absolute atomic E-state index is 0.452. The molecule has 2 aliphatic rings. The first kappa shape index (κ1) is 12.7. The maximum absolute atomic E-state index is 5.69. The van der Waals surface area contributed by atoms with E-state index < -0.39 is 0 Å². The summed E-state index contributed by atoms with van der Waals surface area (Å²) in [7, 11) is 0. The third-order valence-electron chi connectivity index (χ3n) is 3.56. The highest BCUT2D eigenvalue weighted by molar-refractivity contribution is 8.00. The highest BCUT2D eigenvalue weighted by Gasteiger charge is 2.44. The molecule has 16 heavy (non-hydrogen) atoms. The molecule has 2 fully saturated rings. The summed E-state index contributed by atoms with van der Waals surface area (Å²) in [6.45, 7) is 8.34. The molecule has 0 bridgehead atoms. The summed E-state index contributed by atoms with van der Waals surface area (Å²) in [6.07, 6.45) is 3.59. The quantitative estimate of drug-likeness (QED) is 0.783. The number of thiocarbonyl (C=S) groups is 1. The molecule has 0 spiro atoms. The Bertz CT molecular complexity index is 266. The molecule has 0 aromatic carbocycles. The van der Waals surface area contributed by atoms with Crippen LogP contribution in [-0.4, -0.2) is 40.0 Å². The zero-order valence-electron chi connectivity index (χ0n) is 10.2. The van der Waals surface area contributed by atoms with E-state index in [2.05, 4.69) is 30.5 Å². The van der Waals surface area contributed by atoms with Crippen LogP contribution in [0.15, 0.2) is 0 Å². The summed E-state index contributed by atoms with van der Waals surface area (Å²) in [4.78, 5) is 3.32. The van der Waals surface area contributed by atoms with Crippen LogP contribution in [-0.2, 0) is 0 Å². The van der Waals surface area contributed by atoms with Crippen LogP contribution in [0.2, 0.25) is 0 Å². The van der Waals surface area contributed by atoms with Gasteiger partial charge in [-0.25, -0.2) is 0 Å². The largest absolute Gasteiger partial charge is 0.393 e. The van der Waals surface area contributed by atoms with Crippen molar-refractivity contribution in [1.29, 1.82) is 0 Å². The molecule has 92 valence electrons. The monoisotopic (exact) mass is 258 g/mol. The lowest BCUT2D eigenvalue weighted by Crippen LogP contribution is -2.43. The highest BCUT2D eigenvalue weighted by atomic mass is 32.2. The Balaban J connectivity index is 1.87. The molecule has 2 unspecified atom stereocenters. The zero-order chi connectivity index (χ0) is 11.8. The summed E-state index contributed by atoms with van der Waals surface area (Å²) < 4.78 is 0. The minimum atomic E-state index is 0.452. The molecule has 0 aromatic heterocycles. The van der Waals surface area contributed by atoms with Gasteiger partial charge in [0.2, 0.25) is 0 Å². The molecule has 2 rings (SSSR count). The third kappa shape index (κ3) is 3.34. The molecule has 1 heterocycles. The summed E-state index contributed by atoms with van der Waals surface area (Å²) in [5.41, 5.74) is 6.14. The van der Waals surface area contributed by atoms with E-state index in [1.165, 1.54) is 32.5 Å². The minimum Gasteiger partial charge on any atom is -0.393 e. The van der Waals surface area contributed by atoms with Gasteiger partial charge in [-0.3, -0.25) is 0 Å². The lowest BCUT2D eigenvalue weighted by molar-refractivity contribution is 0.220. The first-order valence-corrected chi connectivity index (χ1v) is 7.50. The van der Waals surface area contributed by atoms with Crippen molar-refractivity contribution >= 4 is 29.0 Å². The first-order valence-electron chi connectivity index (χ1n) is 6.15. The Kier molecular flexibility index (Phi) is 3.82. The summed E-state index contributed by atoms with van der Waals surface area (Å²) in [5, 5.41) is 1.54. The van der Waals surface area contributed by atoms with Crippen LogP contribution in [0, 0.1) is 5.41 Å². The Morgan fingerprint density at radius 3 is 2.38 bits per heavy atom. The fraction of sp³-hybridized carbons (Fsp3) is 0.917. The maximum Gasteiger partial charge on any atom is 0.0733 e. The van der Waals surface area contributed by atoms with Gasteiger partial charge in [-0.05, 0) is 18.3 Å². The fourth-order valence-electron chi connectivity index (χ4n) is 2.83. The Morgan fingerprint density at radius 2 is 1.94 bits per heavy atom. The number of hydrogen-bond acceptors (Lipinski definition) is 3. The molecular weight excluding hydrogens is 236 g/mol. The summed E-state index contributed by atoms with van der Waals surface area (Å²) in [6, 6.07) is 0. The van der Waals surface area contributed by atoms with E-state index in [1.807, 2.05) is 0 Å². The van der Waals surface area contributed by atoms with Crippen LogP contribution in [0.5, 0.6) is 0 Å². The van der Waals surface area contributed by atoms with Crippen molar-refractivity contribution in [3.63, 3.8) is 0 Å². The van der Waals surface area contributed by atoms with Crippen molar-refractivity contribution < 1.29 is 0 Å². The lowest BCUT2D eigenvalue weighted by atomic mass is 10.0. The molecule has 2 atom stereocenters. The maximum atomic E-state index is 5.69. The van der Waals surface area contributed by atoms with Gasteiger partial charge in [-0.1, -0.05) is 26.1 Å². The SMILES string of the molecule is CC1CN(CC2(CC(N)=S)CC2)CC(C)S1. The summed E-state index contributed by atoms with van der Waals surface area (Å²) >= 11 is 7.17. The average Bonchev–Trinajstić information content (AvgIpc) is 2.80. The van der Waals surface area contributed by atoms with Gasteiger partial charge in [0.05, 0.1) is 4.99 Å². The zero-order valence-corrected chi connectivity index (χ0v) is 11.9. The number of nitrogens with zero attached hydrogens (tertiary/aromatic N) is 1. The molecule has 2 nitrogen and oxygen atoms in total. The van der Waals surface area contributed by atoms with Gasteiger partial charge in [0, 0.05) is 36.6 Å². The molecule has 0 aromatic rings. The topological polar surface area (TPSA) is 29.3 Å². The number of thioether (sulfide) groups is 1. The fourth-order valence-corrected chi connectivity index (χ4v) is 4.52. The van der Waals surface area contributed by atoms with Crippen molar-refractivity contribution in [2.75, 3.05) is 19.6 Å². The second kappa shape index (κ2) is 4.83. The smallest absolute Gasteiger partial charge is 0.0733 e. The molecule has 1 saturated carbocycles. The van der Waals surface area contributed by atoms with Gasteiger partial charge in [0.1, 0.15) is 0 Å².